The normalized spacial score (nSPS) is 34.4. The Labute approximate surface area is 121 Å². The highest BCUT2D eigenvalue weighted by atomic mass is 16.8. The zero-order valence-electron chi connectivity index (χ0n) is 11.8. The molecule has 4 atom stereocenters. The van der Waals surface area contributed by atoms with Gasteiger partial charge in [-0.2, -0.15) is 0 Å². The molecule has 7 heteroatoms. The fourth-order valence-electron chi connectivity index (χ4n) is 3.08. The number of aliphatic hydroxyl groups is 1. The molecule has 2 aliphatic heterocycles. The zero-order chi connectivity index (χ0) is 14.6. The van der Waals surface area contributed by atoms with Crippen LogP contribution in [-0.2, 0) is 14.2 Å². The fourth-order valence-corrected chi connectivity index (χ4v) is 3.08. The monoisotopic (exact) mass is 291 g/mol. The minimum Gasteiger partial charge on any atom is -0.394 e. The van der Waals surface area contributed by atoms with Crippen molar-refractivity contribution >= 4 is 11.0 Å². The molecule has 0 bridgehead atoms. The van der Waals surface area contributed by atoms with Gasteiger partial charge in [-0.05, 0) is 26.0 Å². The van der Waals surface area contributed by atoms with Crippen molar-refractivity contribution in [2.75, 3.05) is 6.61 Å². The average molecular weight is 291 g/mol. The van der Waals surface area contributed by atoms with Gasteiger partial charge in [0.15, 0.2) is 12.0 Å². The molecular formula is C14H17N3O4. The number of ether oxygens (including phenoxy) is 3. The summed E-state index contributed by atoms with van der Waals surface area (Å²) in [4.78, 5) is 0. The maximum Gasteiger partial charge on any atom is 0.181 e. The van der Waals surface area contributed by atoms with Gasteiger partial charge in [0, 0.05) is 0 Å². The molecule has 2 aliphatic rings. The number of hydrogen-bond donors (Lipinski definition) is 1. The van der Waals surface area contributed by atoms with Gasteiger partial charge in [-0.3, -0.25) is 0 Å². The molecule has 1 aromatic carbocycles. The van der Waals surface area contributed by atoms with E-state index in [1.54, 1.807) is 4.68 Å². The highest BCUT2D eigenvalue weighted by Gasteiger charge is 2.56. The van der Waals surface area contributed by atoms with Crippen molar-refractivity contribution in [2.24, 2.45) is 0 Å². The van der Waals surface area contributed by atoms with Crippen LogP contribution in [0.2, 0.25) is 0 Å². The molecule has 7 nitrogen and oxygen atoms in total. The van der Waals surface area contributed by atoms with Crippen molar-refractivity contribution in [1.82, 2.24) is 15.0 Å². The first-order valence-electron chi connectivity index (χ1n) is 7.01. The lowest BCUT2D eigenvalue weighted by Gasteiger charge is -2.23. The third-order valence-electron chi connectivity index (χ3n) is 3.92. The molecule has 3 heterocycles. The smallest absolute Gasteiger partial charge is 0.181 e. The van der Waals surface area contributed by atoms with Crippen LogP contribution in [0.3, 0.4) is 0 Å². The first kappa shape index (κ1) is 13.1. The van der Waals surface area contributed by atoms with E-state index in [4.69, 9.17) is 14.2 Å². The molecule has 2 fully saturated rings. The number of aromatic nitrogens is 3. The van der Waals surface area contributed by atoms with Crippen molar-refractivity contribution < 1.29 is 19.3 Å². The molecule has 0 spiro atoms. The van der Waals surface area contributed by atoms with E-state index in [-0.39, 0.29) is 18.8 Å². The van der Waals surface area contributed by atoms with Crippen LogP contribution < -0.4 is 0 Å². The summed E-state index contributed by atoms with van der Waals surface area (Å²) >= 11 is 0. The van der Waals surface area contributed by atoms with Gasteiger partial charge in [-0.15, -0.1) is 5.10 Å². The van der Waals surface area contributed by atoms with Crippen LogP contribution in [0.1, 0.15) is 20.1 Å². The van der Waals surface area contributed by atoms with Crippen LogP contribution >= 0.6 is 0 Å². The summed E-state index contributed by atoms with van der Waals surface area (Å²) in [6.07, 6.45) is -1.51. The van der Waals surface area contributed by atoms with Crippen LogP contribution in [0.5, 0.6) is 0 Å². The Hall–Kier alpha value is -1.54. The first-order chi connectivity index (χ1) is 10.1. The van der Waals surface area contributed by atoms with Crippen LogP contribution in [0.4, 0.5) is 0 Å². The molecule has 2 aromatic rings. The van der Waals surface area contributed by atoms with Crippen LogP contribution in [0, 0.1) is 0 Å². The Morgan fingerprint density at radius 3 is 2.81 bits per heavy atom. The number of rotatable bonds is 2. The van der Waals surface area contributed by atoms with Crippen molar-refractivity contribution in [1.29, 1.82) is 0 Å². The SMILES string of the molecule is CC1(C)O[C@@H]2[C@H](O1)[C@@H](CO)O[C@@H]2n1nnc2ccccc21. The Morgan fingerprint density at radius 1 is 1.24 bits per heavy atom. The van der Waals surface area contributed by atoms with Crippen LogP contribution in [0.25, 0.3) is 11.0 Å². The van der Waals surface area contributed by atoms with Gasteiger partial charge >= 0.3 is 0 Å². The van der Waals surface area contributed by atoms with Gasteiger partial charge in [-0.1, -0.05) is 17.3 Å². The fraction of sp³-hybridized carbons (Fsp3) is 0.571. The first-order valence-corrected chi connectivity index (χ1v) is 7.01. The zero-order valence-corrected chi connectivity index (χ0v) is 11.8. The Bertz CT molecular complexity index is 671. The van der Waals surface area contributed by atoms with Gasteiger partial charge in [0.05, 0.1) is 12.1 Å². The average Bonchev–Trinajstić information content (AvgIpc) is 3.09. The lowest BCUT2D eigenvalue weighted by atomic mass is 10.1. The minimum atomic E-state index is -0.693. The predicted octanol–water partition coefficient (Wildman–Crippen LogP) is 0.841. The molecule has 1 aromatic heterocycles. The van der Waals surface area contributed by atoms with E-state index in [0.717, 1.165) is 11.0 Å². The third kappa shape index (κ3) is 1.96. The Kier molecular flexibility index (Phi) is 2.80. The molecule has 2 saturated heterocycles. The van der Waals surface area contributed by atoms with E-state index in [1.807, 2.05) is 38.1 Å². The molecule has 4 rings (SSSR count). The number of para-hydroxylation sites is 1. The van der Waals surface area contributed by atoms with Gasteiger partial charge in [0.2, 0.25) is 0 Å². The van der Waals surface area contributed by atoms with Crippen LogP contribution in [0.15, 0.2) is 24.3 Å². The van der Waals surface area contributed by atoms with Crippen molar-refractivity contribution in [2.45, 2.75) is 44.2 Å². The maximum atomic E-state index is 9.51. The molecular weight excluding hydrogens is 274 g/mol. The van der Waals surface area contributed by atoms with Gasteiger partial charge in [0.1, 0.15) is 23.8 Å². The van der Waals surface area contributed by atoms with Crippen molar-refractivity contribution in [3.63, 3.8) is 0 Å². The van der Waals surface area contributed by atoms with Crippen molar-refractivity contribution in [3.05, 3.63) is 24.3 Å². The highest BCUT2D eigenvalue weighted by molar-refractivity contribution is 5.73. The summed E-state index contributed by atoms with van der Waals surface area (Å²) in [6, 6.07) is 7.66. The molecule has 0 saturated carbocycles. The summed E-state index contributed by atoms with van der Waals surface area (Å²) < 4.78 is 19.4. The Balaban J connectivity index is 1.75. The van der Waals surface area contributed by atoms with E-state index < -0.39 is 18.1 Å². The van der Waals surface area contributed by atoms with E-state index in [9.17, 15) is 5.11 Å². The summed E-state index contributed by atoms with van der Waals surface area (Å²) in [7, 11) is 0. The lowest BCUT2D eigenvalue weighted by molar-refractivity contribution is -0.201. The minimum absolute atomic E-state index is 0.121. The molecule has 1 N–H and O–H groups in total. The largest absolute Gasteiger partial charge is 0.394 e. The van der Waals surface area contributed by atoms with Crippen molar-refractivity contribution in [3.8, 4) is 0 Å². The molecule has 21 heavy (non-hydrogen) atoms. The standard InChI is InChI=1S/C14H17N3O4/c1-14(2)20-11-10(7-18)19-13(12(11)21-14)17-9-6-4-3-5-8(9)15-16-17/h3-6,10-13,18H,7H2,1-2H3/t10-,11-,12-,13+/m1/s1. The second kappa shape index (κ2) is 4.48. The number of nitrogens with zero attached hydrogens (tertiary/aromatic N) is 3. The summed E-state index contributed by atoms with van der Waals surface area (Å²) in [5, 5.41) is 17.8. The van der Waals surface area contributed by atoms with E-state index in [1.165, 1.54) is 0 Å². The lowest BCUT2D eigenvalue weighted by Crippen LogP contribution is -2.31. The second-order valence-corrected chi connectivity index (χ2v) is 5.84. The number of fused-ring (bicyclic) bond motifs is 2. The number of aliphatic hydroxyl groups excluding tert-OH is 1. The molecule has 0 unspecified atom stereocenters. The molecule has 0 amide bonds. The number of benzene rings is 1. The number of hydrogen-bond acceptors (Lipinski definition) is 6. The van der Waals surface area contributed by atoms with Gasteiger partial charge in [0.25, 0.3) is 0 Å². The molecule has 112 valence electrons. The maximum absolute atomic E-state index is 9.51. The van der Waals surface area contributed by atoms with Crippen LogP contribution in [-0.4, -0.2) is 50.8 Å². The van der Waals surface area contributed by atoms with E-state index in [2.05, 4.69) is 10.3 Å². The summed E-state index contributed by atoms with van der Waals surface area (Å²) in [6.45, 7) is 3.59. The molecule has 0 radical (unpaired) electrons. The quantitative estimate of drug-likeness (QED) is 0.883. The second-order valence-electron chi connectivity index (χ2n) is 5.84. The van der Waals surface area contributed by atoms with E-state index in [0.29, 0.717) is 0 Å². The molecule has 0 aliphatic carbocycles. The topological polar surface area (TPSA) is 78.6 Å². The van der Waals surface area contributed by atoms with E-state index >= 15 is 0 Å². The van der Waals surface area contributed by atoms with Gasteiger partial charge in [-0.25, -0.2) is 4.68 Å². The van der Waals surface area contributed by atoms with Gasteiger partial charge < -0.3 is 19.3 Å². The summed E-state index contributed by atoms with van der Waals surface area (Å²) in [5.41, 5.74) is 1.66. The highest BCUT2D eigenvalue weighted by Crippen LogP contribution is 2.43. The Morgan fingerprint density at radius 2 is 2.00 bits per heavy atom. The third-order valence-corrected chi connectivity index (χ3v) is 3.92. The summed E-state index contributed by atoms with van der Waals surface area (Å²) in [5.74, 6) is -0.693. The predicted molar refractivity (Wildman–Crippen MR) is 72.3 cm³/mol.